The van der Waals surface area contributed by atoms with Gasteiger partial charge in [0.2, 0.25) is 0 Å². The van der Waals surface area contributed by atoms with Gasteiger partial charge in [-0.2, -0.15) is 0 Å². The summed E-state index contributed by atoms with van der Waals surface area (Å²) in [6, 6.07) is 13.4. The summed E-state index contributed by atoms with van der Waals surface area (Å²) in [5, 5.41) is 3.62. The van der Waals surface area contributed by atoms with Crippen LogP contribution in [0, 0.1) is 6.92 Å². The first kappa shape index (κ1) is 19.3. The Labute approximate surface area is 155 Å². The molecule has 1 atom stereocenters. The van der Waals surface area contributed by atoms with Crippen LogP contribution in [0.4, 0.5) is 5.69 Å². The predicted octanol–water partition coefficient (Wildman–Crippen LogP) is 5.79. The maximum absolute atomic E-state index is 12.5. The number of nitrogens with one attached hydrogen (secondary N) is 1. The molecule has 0 aliphatic rings. The highest BCUT2D eigenvalue weighted by atomic mass is 35.5. The van der Waals surface area contributed by atoms with E-state index >= 15 is 0 Å². The van der Waals surface area contributed by atoms with Gasteiger partial charge < -0.3 is 10.1 Å². The summed E-state index contributed by atoms with van der Waals surface area (Å²) in [4.78, 5) is 12.5. The van der Waals surface area contributed by atoms with E-state index in [2.05, 4.69) is 24.4 Å². The number of anilines is 1. The van der Waals surface area contributed by atoms with Crippen molar-refractivity contribution < 1.29 is 9.53 Å². The highest BCUT2D eigenvalue weighted by molar-refractivity contribution is 6.31. The largest absolute Gasteiger partial charge is 0.481 e. The van der Waals surface area contributed by atoms with E-state index in [0.29, 0.717) is 17.2 Å². The Hall–Kier alpha value is -2.00. The van der Waals surface area contributed by atoms with Crippen LogP contribution < -0.4 is 10.1 Å². The lowest BCUT2D eigenvalue weighted by atomic mass is 10.1. The second-order valence-corrected chi connectivity index (χ2v) is 6.62. The maximum atomic E-state index is 12.5. The minimum Gasteiger partial charge on any atom is -0.481 e. The zero-order chi connectivity index (χ0) is 18.2. The number of halogens is 1. The minimum absolute atomic E-state index is 0.142. The Bertz CT molecular complexity index is 698. The van der Waals surface area contributed by atoms with Crippen molar-refractivity contribution >= 4 is 23.2 Å². The molecule has 0 aliphatic carbocycles. The zero-order valence-corrected chi connectivity index (χ0v) is 15.9. The van der Waals surface area contributed by atoms with Crippen molar-refractivity contribution in [1.29, 1.82) is 0 Å². The zero-order valence-electron chi connectivity index (χ0n) is 15.1. The first-order chi connectivity index (χ1) is 12.0. The third-order valence-corrected chi connectivity index (χ3v) is 4.54. The first-order valence-electron chi connectivity index (χ1n) is 8.86. The van der Waals surface area contributed by atoms with Crippen LogP contribution in [0.2, 0.25) is 5.02 Å². The normalized spacial score (nSPS) is 11.8. The third-order valence-electron chi connectivity index (χ3n) is 4.11. The number of carbonyl (C=O) groups excluding carboxylic acids is 1. The highest BCUT2D eigenvalue weighted by Crippen LogP contribution is 2.23. The first-order valence-corrected chi connectivity index (χ1v) is 9.23. The lowest BCUT2D eigenvalue weighted by Gasteiger charge is -2.18. The number of hydrogen-bond acceptors (Lipinski definition) is 2. The third kappa shape index (κ3) is 5.79. The van der Waals surface area contributed by atoms with Gasteiger partial charge in [-0.1, -0.05) is 44.0 Å². The summed E-state index contributed by atoms with van der Waals surface area (Å²) in [5.74, 6) is 0.509. The molecule has 0 saturated heterocycles. The fourth-order valence-corrected chi connectivity index (χ4v) is 2.65. The molecule has 1 amide bonds. The van der Waals surface area contributed by atoms with Gasteiger partial charge in [0.15, 0.2) is 6.10 Å². The van der Waals surface area contributed by atoms with Gasteiger partial charge in [0, 0.05) is 10.7 Å². The molecule has 2 aromatic rings. The molecular formula is C21H26ClNO2. The molecule has 0 heterocycles. The number of benzene rings is 2. The van der Waals surface area contributed by atoms with E-state index < -0.39 is 6.10 Å². The van der Waals surface area contributed by atoms with Gasteiger partial charge in [-0.15, -0.1) is 0 Å². The molecular weight excluding hydrogens is 334 g/mol. The Morgan fingerprint density at radius 3 is 2.48 bits per heavy atom. The number of aryl methyl sites for hydroxylation is 2. The maximum Gasteiger partial charge on any atom is 0.265 e. The summed E-state index contributed by atoms with van der Waals surface area (Å²) < 4.78 is 5.84. The molecule has 0 saturated carbocycles. The van der Waals surface area contributed by atoms with Gasteiger partial charge in [0.25, 0.3) is 5.91 Å². The molecule has 0 aliphatic heterocycles. The fourth-order valence-electron chi connectivity index (χ4n) is 2.54. The molecule has 25 heavy (non-hydrogen) atoms. The number of carbonyl (C=O) groups is 1. The second-order valence-electron chi connectivity index (χ2n) is 6.22. The Morgan fingerprint density at radius 2 is 1.88 bits per heavy atom. The fraction of sp³-hybridized carbons (Fsp3) is 0.381. The van der Waals surface area contributed by atoms with E-state index in [0.717, 1.165) is 17.7 Å². The van der Waals surface area contributed by atoms with E-state index in [-0.39, 0.29) is 5.91 Å². The average Bonchev–Trinajstić information content (AvgIpc) is 2.62. The number of ether oxygens (including phenoxy) is 1. The second kappa shape index (κ2) is 9.47. The van der Waals surface area contributed by atoms with Crippen molar-refractivity contribution in [2.75, 3.05) is 5.32 Å². The minimum atomic E-state index is -0.541. The summed E-state index contributed by atoms with van der Waals surface area (Å²) in [6.07, 6.45) is 3.47. The highest BCUT2D eigenvalue weighted by Gasteiger charge is 2.18. The van der Waals surface area contributed by atoms with Crippen LogP contribution in [-0.2, 0) is 11.2 Å². The van der Waals surface area contributed by atoms with Crippen molar-refractivity contribution in [2.24, 2.45) is 0 Å². The SMILES string of the molecule is CCCCc1ccc(NC(=O)C(CC)Oc2ccc(Cl)c(C)c2)cc1. The smallest absolute Gasteiger partial charge is 0.265 e. The van der Waals surface area contributed by atoms with Gasteiger partial charge in [-0.3, -0.25) is 4.79 Å². The Morgan fingerprint density at radius 1 is 1.16 bits per heavy atom. The molecule has 0 aromatic heterocycles. The molecule has 0 spiro atoms. The van der Waals surface area contributed by atoms with Crippen LogP contribution in [-0.4, -0.2) is 12.0 Å². The number of unbranched alkanes of at least 4 members (excludes halogenated alkanes) is 1. The summed E-state index contributed by atoms with van der Waals surface area (Å²) in [5.41, 5.74) is 3.01. The molecule has 1 unspecified atom stereocenters. The van der Waals surface area contributed by atoms with Crippen molar-refractivity contribution in [2.45, 2.75) is 52.6 Å². The Kier molecular flexibility index (Phi) is 7.32. The van der Waals surface area contributed by atoms with E-state index in [1.54, 1.807) is 12.1 Å². The van der Waals surface area contributed by atoms with Gasteiger partial charge in [-0.05, 0) is 67.6 Å². The molecule has 2 rings (SSSR count). The van der Waals surface area contributed by atoms with Crippen LogP contribution in [0.3, 0.4) is 0 Å². The summed E-state index contributed by atoms with van der Waals surface area (Å²) in [6.45, 7) is 6.03. The van der Waals surface area contributed by atoms with Crippen LogP contribution in [0.1, 0.15) is 44.2 Å². The predicted molar refractivity (Wildman–Crippen MR) is 105 cm³/mol. The van der Waals surface area contributed by atoms with Crippen LogP contribution in [0.15, 0.2) is 42.5 Å². The summed E-state index contributed by atoms with van der Waals surface area (Å²) in [7, 11) is 0. The summed E-state index contributed by atoms with van der Waals surface area (Å²) >= 11 is 6.03. The standard InChI is InChI=1S/C21H26ClNO2/c1-4-6-7-16-8-10-17(11-9-16)23-21(24)20(5-2)25-18-12-13-19(22)15(3)14-18/h8-14,20H,4-7H2,1-3H3,(H,23,24). The lowest BCUT2D eigenvalue weighted by molar-refractivity contribution is -0.122. The molecule has 0 fully saturated rings. The topological polar surface area (TPSA) is 38.3 Å². The van der Waals surface area contributed by atoms with E-state index in [4.69, 9.17) is 16.3 Å². The molecule has 4 heteroatoms. The Balaban J connectivity index is 1.98. The molecule has 3 nitrogen and oxygen atoms in total. The molecule has 134 valence electrons. The van der Waals surface area contributed by atoms with Crippen molar-refractivity contribution in [3.63, 3.8) is 0 Å². The van der Waals surface area contributed by atoms with Gasteiger partial charge >= 0.3 is 0 Å². The van der Waals surface area contributed by atoms with E-state index in [1.165, 1.54) is 18.4 Å². The van der Waals surface area contributed by atoms with Gasteiger partial charge in [0.05, 0.1) is 0 Å². The number of amides is 1. The van der Waals surface area contributed by atoms with Crippen molar-refractivity contribution in [3.8, 4) is 5.75 Å². The quantitative estimate of drug-likeness (QED) is 0.648. The average molecular weight is 360 g/mol. The molecule has 1 N–H and O–H groups in total. The molecule has 2 aromatic carbocycles. The van der Waals surface area contributed by atoms with Crippen molar-refractivity contribution in [1.82, 2.24) is 0 Å². The molecule has 0 radical (unpaired) electrons. The van der Waals surface area contributed by atoms with E-state index in [1.807, 2.05) is 32.0 Å². The van der Waals surface area contributed by atoms with Crippen molar-refractivity contribution in [3.05, 3.63) is 58.6 Å². The lowest BCUT2D eigenvalue weighted by Crippen LogP contribution is -2.32. The monoisotopic (exact) mass is 359 g/mol. The van der Waals surface area contributed by atoms with Gasteiger partial charge in [0.1, 0.15) is 5.75 Å². The van der Waals surface area contributed by atoms with Crippen LogP contribution in [0.5, 0.6) is 5.75 Å². The number of rotatable bonds is 8. The van der Waals surface area contributed by atoms with Crippen LogP contribution in [0.25, 0.3) is 0 Å². The van der Waals surface area contributed by atoms with Crippen LogP contribution >= 0.6 is 11.6 Å². The van der Waals surface area contributed by atoms with Gasteiger partial charge in [-0.25, -0.2) is 0 Å². The van der Waals surface area contributed by atoms with E-state index in [9.17, 15) is 4.79 Å². The number of hydrogen-bond donors (Lipinski definition) is 1. The molecule has 0 bridgehead atoms.